The molecule has 0 aliphatic heterocycles. The van der Waals surface area contributed by atoms with Crippen LogP contribution in [0, 0.1) is 17.3 Å². The average molecular weight is 279 g/mol. The summed E-state index contributed by atoms with van der Waals surface area (Å²) in [6.45, 7) is 6.54. The fraction of sp³-hybridized carbons (Fsp3) is 1.00. The molecule has 4 heteroatoms. The standard InChI is InChI=1S/C15H28F3N/c1-14(2,3)9-8-13(19-4)11-6-5-7-12(10-11)15(16,17)18/h11-13,19H,5-10H2,1-4H3. The lowest BCUT2D eigenvalue weighted by Gasteiger charge is -2.36. The minimum atomic E-state index is -4.01. The van der Waals surface area contributed by atoms with Crippen molar-refractivity contribution in [3.8, 4) is 0 Å². The third-order valence-corrected chi connectivity index (χ3v) is 4.32. The number of halogens is 3. The van der Waals surface area contributed by atoms with E-state index in [4.69, 9.17) is 0 Å². The topological polar surface area (TPSA) is 12.0 Å². The van der Waals surface area contributed by atoms with Gasteiger partial charge < -0.3 is 5.32 Å². The number of hydrogen-bond acceptors (Lipinski definition) is 1. The van der Waals surface area contributed by atoms with Gasteiger partial charge in [0.2, 0.25) is 0 Å². The molecule has 3 unspecified atom stereocenters. The molecule has 0 aromatic carbocycles. The normalized spacial score (nSPS) is 27.3. The molecule has 0 spiro atoms. The molecular formula is C15H28F3N. The van der Waals surface area contributed by atoms with Crippen LogP contribution < -0.4 is 5.32 Å². The van der Waals surface area contributed by atoms with E-state index in [1.54, 1.807) is 0 Å². The fourth-order valence-electron chi connectivity index (χ4n) is 3.09. The van der Waals surface area contributed by atoms with Gasteiger partial charge in [-0.05, 0) is 50.5 Å². The van der Waals surface area contributed by atoms with Gasteiger partial charge in [-0.1, -0.05) is 27.2 Å². The lowest BCUT2D eigenvalue weighted by molar-refractivity contribution is -0.186. The van der Waals surface area contributed by atoms with Gasteiger partial charge in [0.1, 0.15) is 0 Å². The maximum absolute atomic E-state index is 12.8. The van der Waals surface area contributed by atoms with Crippen molar-refractivity contribution in [1.82, 2.24) is 5.32 Å². The second kappa shape index (κ2) is 6.47. The quantitative estimate of drug-likeness (QED) is 0.781. The van der Waals surface area contributed by atoms with Gasteiger partial charge in [0.25, 0.3) is 0 Å². The summed E-state index contributed by atoms with van der Waals surface area (Å²) in [4.78, 5) is 0. The van der Waals surface area contributed by atoms with Crippen molar-refractivity contribution in [3.63, 3.8) is 0 Å². The van der Waals surface area contributed by atoms with Gasteiger partial charge >= 0.3 is 6.18 Å². The molecule has 1 nitrogen and oxygen atoms in total. The van der Waals surface area contributed by atoms with Crippen LogP contribution in [0.25, 0.3) is 0 Å². The van der Waals surface area contributed by atoms with Gasteiger partial charge in [-0.2, -0.15) is 13.2 Å². The Morgan fingerprint density at radius 2 is 1.79 bits per heavy atom. The molecule has 114 valence electrons. The Labute approximate surface area is 115 Å². The van der Waals surface area contributed by atoms with Crippen LogP contribution >= 0.6 is 0 Å². The van der Waals surface area contributed by atoms with Crippen LogP contribution in [0.2, 0.25) is 0 Å². The lowest BCUT2D eigenvalue weighted by atomic mass is 9.75. The van der Waals surface area contributed by atoms with E-state index in [-0.39, 0.29) is 17.4 Å². The van der Waals surface area contributed by atoms with E-state index in [0.29, 0.717) is 19.3 Å². The van der Waals surface area contributed by atoms with E-state index < -0.39 is 12.1 Å². The highest BCUT2D eigenvalue weighted by Gasteiger charge is 2.43. The van der Waals surface area contributed by atoms with Crippen molar-refractivity contribution in [2.75, 3.05) is 7.05 Å². The zero-order valence-electron chi connectivity index (χ0n) is 12.6. The first kappa shape index (κ1) is 16.8. The van der Waals surface area contributed by atoms with Gasteiger partial charge in [-0.3, -0.25) is 0 Å². The molecule has 3 atom stereocenters. The Kier molecular flexibility index (Phi) is 5.72. The molecule has 0 bridgehead atoms. The maximum atomic E-state index is 12.8. The minimum Gasteiger partial charge on any atom is -0.317 e. The number of rotatable bonds is 4. The van der Waals surface area contributed by atoms with Crippen LogP contribution in [0.3, 0.4) is 0 Å². The maximum Gasteiger partial charge on any atom is 0.391 e. The van der Waals surface area contributed by atoms with E-state index in [2.05, 4.69) is 26.1 Å². The van der Waals surface area contributed by atoms with Gasteiger partial charge in [-0.25, -0.2) is 0 Å². The van der Waals surface area contributed by atoms with E-state index in [1.807, 2.05) is 7.05 Å². The molecule has 1 aliphatic rings. The van der Waals surface area contributed by atoms with Gasteiger partial charge in [-0.15, -0.1) is 0 Å². The second-order valence-corrected chi connectivity index (χ2v) is 7.16. The molecule has 1 N–H and O–H groups in total. The van der Waals surface area contributed by atoms with Crippen LogP contribution in [-0.2, 0) is 0 Å². The predicted molar refractivity (Wildman–Crippen MR) is 73.0 cm³/mol. The van der Waals surface area contributed by atoms with Gasteiger partial charge in [0, 0.05) is 6.04 Å². The molecule has 1 fully saturated rings. The van der Waals surface area contributed by atoms with Gasteiger partial charge in [0.05, 0.1) is 5.92 Å². The van der Waals surface area contributed by atoms with E-state index >= 15 is 0 Å². The van der Waals surface area contributed by atoms with Crippen LogP contribution in [0.5, 0.6) is 0 Å². The summed E-state index contributed by atoms with van der Waals surface area (Å²) in [7, 11) is 1.88. The molecule has 0 aromatic rings. The summed E-state index contributed by atoms with van der Waals surface area (Å²) in [5.41, 5.74) is 0.243. The number of alkyl halides is 3. The van der Waals surface area contributed by atoms with Crippen molar-refractivity contribution in [2.45, 2.75) is 71.5 Å². The first-order valence-corrected chi connectivity index (χ1v) is 7.37. The van der Waals surface area contributed by atoms with E-state index in [9.17, 15) is 13.2 Å². The Hall–Kier alpha value is -0.250. The summed E-state index contributed by atoms with van der Waals surface area (Å²) < 4.78 is 38.5. The summed E-state index contributed by atoms with van der Waals surface area (Å²) in [6.07, 6.45) is 0.265. The molecule has 0 amide bonds. The van der Waals surface area contributed by atoms with Crippen molar-refractivity contribution < 1.29 is 13.2 Å². The highest BCUT2D eigenvalue weighted by Crippen LogP contribution is 2.41. The van der Waals surface area contributed by atoms with Crippen molar-refractivity contribution >= 4 is 0 Å². The van der Waals surface area contributed by atoms with Crippen molar-refractivity contribution in [2.24, 2.45) is 17.3 Å². The molecule has 0 saturated heterocycles. The predicted octanol–water partition coefficient (Wildman–Crippen LogP) is 4.77. The van der Waals surface area contributed by atoms with Gasteiger partial charge in [0.15, 0.2) is 0 Å². The Bertz CT molecular complexity index is 268. The fourth-order valence-corrected chi connectivity index (χ4v) is 3.09. The zero-order valence-corrected chi connectivity index (χ0v) is 12.6. The summed E-state index contributed by atoms with van der Waals surface area (Å²) in [5, 5.41) is 3.25. The minimum absolute atomic E-state index is 0.174. The van der Waals surface area contributed by atoms with Crippen LogP contribution in [0.15, 0.2) is 0 Å². The Balaban J connectivity index is 2.56. The molecule has 1 aliphatic carbocycles. The molecule has 0 heterocycles. The monoisotopic (exact) mass is 279 g/mol. The van der Waals surface area contributed by atoms with Crippen LogP contribution in [0.1, 0.15) is 59.3 Å². The second-order valence-electron chi connectivity index (χ2n) is 7.16. The first-order valence-electron chi connectivity index (χ1n) is 7.37. The Morgan fingerprint density at radius 3 is 2.26 bits per heavy atom. The number of hydrogen-bond donors (Lipinski definition) is 1. The SMILES string of the molecule is CNC(CCC(C)(C)C)C1CCCC(C(F)(F)F)C1. The van der Waals surface area contributed by atoms with Crippen LogP contribution in [-0.4, -0.2) is 19.3 Å². The average Bonchev–Trinajstić information content (AvgIpc) is 2.27. The third kappa shape index (κ3) is 5.72. The molecular weight excluding hydrogens is 251 g/mol. The zero-order chi connectivity index (χ0) is 14.7. The lowest BCUT2D eigenvalue weighted by Crippen LogP contribution is -2.39. The summed E-state index contributed by atoms with van der Waals surface area (Å²) in [6, 6.07) is 0.226. The summed E-state index contributed by atoms with van der Waals surface area (Å²) in [5.74, 6) is -0.913. The van der Waals surface area contributed by atoms with Crippen LogP contribution in [0.4, 0.5) is 13.2 Å². The Morgan fingerprint density at radius 1 is 1.16 bits per heavy atom. The summed E-state index contributed by atoms with van der Waals surface area (Å²) >= 11 is 0. The molecule has 19 heavy (non-hydrogen) atoms. The first-order chi connectivity index (χ1) is 8.63. The van der Waals surface area contributed by atoms with E-state index in [1.165, 1.54) is 0 Å². The van der Waals surface area contributed by atoms with E-state index in [0.717, 1.165) is 19.3 Å². The highest BCUT2D eigenvalue weighted by atomic mass is 19.4. The van der Waals surface area contributed by atoms with Crippen molar-refractivity contribution in [1.29, 1.82) is 0 Å². The molecule has 1 rings (SSSR count). The number of nitrogens with one attached hydrogen (secondary N) is 1. The molecule has 0 radical (unpaired) electrons. The van der Waals surface area contributed by atoms with Crippen molar-refractivity contribution in [3.05, 3.63) is 0 Å². The largest absolute Gasteiger partial charge is 0.391 e. The smallest absolute Gasteiger partial charge is 0.317 e. The molecule has 1 saturated carbocycles. The highest BCUT2D eigenvalue weighted by molar-refractivity contribution is 4.85. The molecule has 0 aromatic heterocycles. The third-order valence-electron chi connectivity index (χ3n) is 4.32.